The number of carboxylic acid groups (broad SMARTS) is 1. The molecule has 0 radical (unpaired) electrons. The summed E-state index contributed by atoms with van der Waals surface area (Å²) in [6, 6.07) is 13.9. The van der Waals surface area contributed by atoms with E-state index in [1.54, 1.807) is 18.2 Å². The van der Waals surface area contributed by atoms with Crippen LogP contribution in [-0.2, 0) is 17.8 Å². The van der Waals surface area contributed by atoms with Gasteiger partial charge in [0.15, 0.2) is 12.4 Å². The van der Waals surface area contributed by atoms with Crippen LogP contribution in [0.1, 0.15) is 29.0 Å². The standard InChI is InChI=1S/C21H20N4O4/c26-19(27)13-29-17-5-3-4-15(12-17)21(28)22-16-9-7-14(8-10-16)20-24-23-18-6-1-2-11-25(18)20/h3-5,7-10,12H,1-2,6,11,13H2,(H,22,28)(H,26,27). The van der Waals surface area contributed by atoms with Crippen molar-refractivity contribution in [3.8, 4) is 17.1 Å². The molecular weight excluding hydrogens is 372 g/mol. The zero-order chi connectivity index (χ0) is 20.2. The average Bonchev–Trinajstić information content (AvgIpc) is 3.17. The van der Waals surface area contributed by atoms with Crippen molar-refractivity contribution in [3.05, 3.63) is 59.9 Å². The molecule has 8 heteroatoms. The van der Waals surface area contributed by atoms with Crippen molar-refractivity contribution in [2.24, 2.45) is 0 Å². The number of amides is 1. The molecule has 0 bridgehead atoms. The third-order valence-electron chi connectivity index (χ3n) is 4.72. The van der Waals surface area contributed by atoms with E-state index in [0.29, 0.717) is 17.0 Å². The Bertz CT molecular complexity index is 1040. The van der Waals surface area contributed by atoms with Crippen molar-refractivity contribution >= 4 is 17.6 Å². The Labute approximate surface area is 167 Å². The van der Waals surface area contributed by atoms with Crippen LogP contribution in [0.15, 0.2) is 48.5 Å². The summed E-state index contributed by atoms with van der Waals surface area (Å²) in [6.45, 7) is 0.468. The van der Waals surface area contributed by atoms with E-state index in [2.05, 4.69) is 20.1 Å². The fourth-order valence-electron chi connectivity index (χ4n) is 3.30. The largest absolute Gasteiger partial charge is 0.482 e. The minimum Gasteiger partial charge on any atom is -0.482 e. The van der Waals surface area contributed by atoms with Gasteiger partial charge in [-0.1, -0.05) is 6.07 Å². The Balaban J connectivity index is 1.45. The molecule has 3 aromatic rings. The monoisotopic (exact) mass is 392 g/mol. The van der Waals surface area contributed by atoms with E-state index >= 15 is 0 Å². The molecule has 1 aliphatic heterocycles. The first kappa shape index (κ1) is 18.7. The van der Waals surface area contributed by atoms with Crippen LogP contribution in [0.4, 0.5) is 5.69 Å². The first-order valence-electron chi connectivity index (χ1n) is 9.39. The molecule has 0 saturated heterocycles. The van der Waals surface area contributed by atoms with Gasteiger partial charge in [-0.15, -0.1) is 10.2 Å². The van der Waals surface area contributed by atoms with Crippen LogP contribution in [0.5, 0.6) is 5.75 Å². The number of nitrogens with one attached hydrogen (secondary N) is 1. The molecule has 1 aromatic heterocycles. The molecule has 2 aromatic carbocycles. The number of carbonyl (C=O) groups excluding carboxylic acids is 1. The Morgan fingerprint density at radius 1 is 1.10 bits per heavy atom. The third kappa shape index (κ3) is 4.26. The summed E-state index contributed by atoms with van der Waals surface area (Å²) in [5.41, 5.74) is 1.98. The van der Waals surface area contributed by atoms with Gasteiger partial charge in [0.05, 0.1) is 0 Å². The third-order valence-corrected chi connectivity index (χ3v) is 4.72. The molecule has 148 valence electrons. The Morgan fingerprint density at radius 2 is 1.93 bits per heavy atom. The molecule has 1 amide bonds. The van der Waals surface area contributed by atoms with E-state index in [0.717, 1.165) is 43.0 Å². The highest BCUT2D eigenvalue weighted by molar-refractivity contribution is 6.04. The second kappa shape index (κ2) is 8.14. The zero-order valence-corrected chi connectivity index (χ0v) is 15.7. The molecule has 2 N–H and O–H groups in total. The molecule has 4 rings (SSSR count). The molecular formula is C21H20N4O4. The number of ether oxygens (including phenoxy) is 1. The fourth-order valence-corrected chi connectivity index (χ4v) is 3.30. The Morgan fingerprint density at radius 3 is 2.72 bits per heavy atom. The topological polar surface area (TPSA) is 106 Å². The molecule has 2 heterocycles. The van der Waals surface area contributed by atoms with Crippen LogP contribution in [-0.4, -0.2) is 38.4 Å². The molecule has 0 saturated carbocycles. The number of rotatable bonds is 6. The molecule has 0 atom stereocenters. The Hall–Kier alpha value is -3.68. The summed E-state index contributed by atoms with van der Waals surface area (Å²) in [4.78, 5) is 23.1. The summed E-state index contributed by atoms with van der Waals surface area (Å²) < 4.78 is 7.27. The summed E-state index contributed by atoms with van der Waals surface area (Å²) in [7, 11) is 0. The van der Waals surface area contributed by atoms with Gasteiger partial charge in [0.25, 0.3) is 5.91 Å². The highest BCUT2D eigenvalue weighted by Gasteiger charge is 2.17. The van der Waals surface area contributed by atoms with Crippen LogP contribution < -0.4 is 10.1 Å². The number of carbonyl (C=O) groups is 2. The number of fused-ring (bicyclic) bond motifs is 1. The first-order chi connectivity index (χ1) is 14.1. The molecule has 0 aliphatic carbocycles. The summed E-state index contributed by atoms with van der Waals surface area (Å²) in [5.74, 6) is 0.814. The van der Waals surface area contributed by atoms with Crippen LogP contribution in [0.25, 0.3) is 11.4 Å². The number of aryl methyl sites for hydroxylation is 1. The lowest BCUT2D eigenvalue weighted by Gasteiger charge is -2.14. The predicted molar refractivity (Wildman–Crippen MR) is 106 cm³/mol. The van der Waals surface area contributed by atoms with Gasteiger partial charge in [-0.2, -0.15) is 0 Å². The maximum Gasteiger partial charge on any atom is 0.341 e. The molecule has 1 aliphatic rings. The summed E-state index contributed by atoms with van der Waals surface area (Å²) >= 11 is 0. The van der Waals surface area contributed by atoms with Crippen molar-refractivity contribution < 1.29 is 19.4 Å². The molecule has 0 spiro atoms. The number of anilines is 1. The molecule has 8 nitrogen and oxygen atoms in total. The molecule has 0 fully saturated rings. The van der Waals surface area contributed by atoms with Gasteiger partial charge in [0, 0.05) is 29.8 Å². The summed E-state index contributed by atoms with van der Waals surface area (Å²) in [5, 5.41) is 20.1. The van der Waals surface area contributed by atoms with E-state index in [4.69, 9.17) is 9.84 Å². The number of nitrogens with zero attached hydrogens (tertiary/aromatic N) is 3. The van der Waals surface area contributed by atoms with Crippen molar-refractivity contribution in [1.82, 2.24) is 14.8 Å². The summed E-state index contributed by atoms with van der Waals surface area (Å²) in [6.07, 6.45) is 3.23. The smallest absolute Gasteiger partial charge is 0.341 e. The Kier molecular flexibility index (Phi) is 5.24. The second-order valence-electron chi connectivity index (χ2n) is 6.79. The van der Waals surface area contributed by atoms with Gasteiger partial charge in [-0.05, 0) is 55.3 Å². The predicted octanol–water partition coefficient (Wildman–Crippen LogP) is 3.00. The van der Waals surface area contributed by atoms with Crippen LogP contribution >= 0.6 is 0 Å². The van der Waals surface area contributed by atoms with E-state index < -0.39 is 12.6 Å². The highest BCUT2D eigenvalue weighted by atomic mass is 16.5. The number of aromatic nitrogens is 3. The quantitative estimate of drug-likeness (QED) is 0.668. The van der Waals surface area contributed by atoms with Crippen molar-refractivity contribution in [3.63, 3.8) is 0 Å². The molecule has 29 heavy (non-hydrogen) atoms. The SMILES string of the molecule is O=C(O)COc1cccc(C(=O)Nc2ccc(-c3nnc4n3CCCC4)cc2)c1. The van der Waals surface area contributed by atoms with Gasteiger partial charge >= 0.3 is 5.97 Å². The lowest BCUT2D eigenvalue weighted by Crippen LogP contribution is -2.13. The second-order valence-corrected chi connectivity index (χ2v) is 6.79. The van der Waals surface area contributed by atoms with E-state index in [-0.39, 0.29) is 5.91 Å². The first-order valence-corrected chi connectivity index (χ1v) is 9.39. The minimum atomic E-state index is -1.08. The highest BCUT2D eigenvalue weighted by Crippen LogP contribution is 2.24. The minimum absolute atomic E-state index is 0.307. The lowest BCUT2D eigenvalue weighted by atomic mass is 10.1. The number of hydrogen-bond acceptors (Lipinski definition) is 5. The van der Waals surface area contributed by atoms with Crippen LogP contribution in [0.2, 0.25) is 0 Å². The zero-order valence-electron chi connectivity index (χ0n) is 15.7. The number of hydrogen-bond donors (Lipinski definition) is 2. The van der Waals surface area contributed by atoms with E-state index in [1.807, 2.05) is 24.3 Å². The van der Waals surface area contributed by atoms with Crippen molar-refractivity contribution in [2.45, 2.75) is 25.8 Å². The van der Waals surface area contributed by atoms with Crippen molar-refractivity contribution in [1.29, 1.82) is 0 Å². The fraction of sp³-hybridized carbons (Fsp3) is 0.238. The maximum absolute atomic E-state index is 12.5. The van der Waals surface area contributed by atoms with Crippen LogP contribution in [0.3, 0.4) is 0 Å². The number of carboxylic acids is 1. The van der Waals surface area contributed by atoms with E-state index in [9.17, 15) is 9.59 Å². The normalized spacial score (nSPS) is 12.8. The van der Waals surface area contributed by atoms with Gasteiger partial charge in [-0.3, -0.25) is 4.79 Å². The van der Waals surface area contributed by atoms with Gasteiger partial charge < -0.3 is 19.7 Å². The van der Waals surface area contributed by atoms with Gasteiger partial charge in [0.1, 0.15) is 11.6 Å². The number of benzene rings is 2. The van der Waals surface area contributed by atoms with E-state index in [1.165, 1.54) is 6.07 Å². The van der Waals surface area contributed by atoms with Crippen molar-refractivity contribution in [2.75, 3.05) is 11.9 Å². The van der Waals surface area contributed by atoms with Gasteiger partial charge in [-0.25, -0.2) is 4.79 Å². The number of aliphatic carboxylic acids is 1. The average molecular weight is 392 g/mol. The van der Waals surface area contributed by atoms with Gasteiger partial charge in [0.2, 0.25) is 0 Å². The maximum atomic E-state index is 12.5. The lowest BCUT2D eigenvalue weighted by molar-refractivity contribution is -0.139. The molecule has 0 unspecified atom stereocenters. The van der Waals surface area contributed by atoms with Crippen LogP contribution in [0, 0.1) is 0 Å².